The third-order valence-corrected chi connectivity index (χ3v) is 4.78. The largest absolute Gasteiger partial charge is 0.378 e. The monoisotopic (exact) mass is 377 g/mol. The van der Waals surface area contributed by atoms with Gasteiger partial charge in [-0.3, -0.25) is 9.59 Å². The van der Waals surface area contributed by atoms with Crippen LogP contribution < -0.4 is 20.4 Å². The van der Waals surface area contributed by atoms with E-state index in [4.69, 9.17) is 4.74 Å². The first-order valence-corrected chi connectivity index (χ1v) is 9.64. The highest BCUT2D eigenvalue weighted by Gasteiger charge is 2.27. The van der Waals surface area contributed by atoms with E-state index in [-0.39, 0.29) is 6.04 Å². The van der Waals surface area contributed by atoms with Crippen LogP contribution in [0.25, 0.3) is 0 Å². The summed E-state index contributed by atoms with van der Waals surface area (Å²) in [5.41, 5.74) is 2.28. The first-order valence-electron chi connectivity index (χ1n) is 9.64. The number of anilines is 1. The summed E-state index contributed by atoms with van der Waals surface area (Å²) >= 11 is 0. The number of nitrogens with one attached hydrogen (secondary N) is 3. The molecule has 7 heteroatoms. The number of hydrogen-bond donors (Lipinski definition) is 3. The first-order chi connectivity index (χ1) is 12.9. The van der Waals surface area contributed by atoms with E-state index in [0.717, 1.165) is 24.3 Å². The first kappa shape index (κ1) is 21.2. The molecule has 0 saturated carbocycles. The van der Waals surface area contributed by atoms with Gasteiger partial charge in [-0.1, -0.05) is 26.0 Å². The molecule has 150 valence electrons. The smallest absolute Gasteiger partial charge is 0.309 e. The molecule has 7 nitrogen and oxygen atoms in total. The Kier molecular flexibility index (Phi) is 8.06. The molecule has 1 aliphatic rings. The van der Waals surface area contributed by atoms with Gasteiger partial charge < -0.3 is 25.2 Å². The number of carbonyl (C=O) groups excluding carboxylic acids is 2. The van der Waals surface area contributed by atoms with Crippen molar-refractivity contribution in [1.29, 1.82) is 0 Å². The molecule has 3 N–H and O–H groups in total. The van der Waals surface area contributed by atoms with Gasteiger partial charge in [0.15, 0.2) is 0 Å². The second kappa shape index (κ2) is 10.3. The highest BCUT2D eigenvalue weighted by molar-refractivity contribution is 6.35. The van der Waals surface area contributed by atoms with Crippen molar-refractivity contribution in [1.82, 2.24) is 10.6 Å². The van der Waals surface area contributed by atoms with Crippen molar-refractivity contribution in [2.24, 2.45) is 5.92 Å². The van der Waals surface area contributed by atoms with Crippen LogP contribution in [0.5, 0.6) is 0 Å². The van der Waals surface area contributed by atoms with Gasteiger partial charge in [-0.15, -0.1) is 0 Å². The highest BCUT2D eigenvalue weighted by Crippen LogP contribution is 2.16. The number of nitrogens with zero attached hydrogens (tertiary/aromatic N) is 1. The molecule has 2 rings (SSSR count). The van der Waals surface area contributed by atoms with E-state index in [1.54, 1.807) is 0 Å². The number of morpholine rings is 1. The highest BCUT2D eigenvalue weighted by atomic mass is 16.5. The van der Waals surface area contributed by atoms with Gasteiger partial charge in [0.1, 0.15) is 19.1 Å². The molecule has 0 radical (unpaired) electrons. The molecule has 1 fully saturated rings. The minimum Gasteiger partial charge on any atom is -0.378 e. The van der Waals surface area contributed by atoms with Crippen molar-refractivity contribution in [2.75, 3.05) is 58.4 Å². The zero-order valence-corrected chi connectivity index (χ0v) is 16.9. The number of rotatable bonds is 7. The van der Waals surface area contributed by atoms with E-state index in [2.05, 4.69) is 39.8 Å². The van der Waals surface area contributed by atoms with Crippen LogP contribution in [0.1, 0.15) is 25.5 Å². The van der Waals surface area contributed by atoms with Crippen LogP contribution in [0.2, 0.25) is 0 Å². The molecule has 0 spiro atoms. The summed E-state index contributed by atoms with van der Waals surface area (Å²) in [7, 11) is 4.02. The number of benzene rings is 1. The second-order valence-electron chi connectivity index (χ2n) is 7.62. The zero-order chi connectivity index (χ0) is 19.8. The Hall–Kier alpha value is -2.12. The maximum atomic E-state index is 12.2. The molecule has 0 aromatic heterocycles. The van der Waals surface area contributed by atoms with Crippen molar-refractivity contribution < 1.29 is 19.2 Å². The maximum absolute atomic E-state index is 12.2. The minimum atomic E-state index is -0.571. The van der Waals surface area contributed by atoms with Crippen molar-refractivity contribution >= 4 is 17.5 Å². The number of hydrogen-bond acceptors (Lipinski definition) is 4. The van der Waals surface area contributed by atoms with Crippen molar-refractivity contribution in [3.05, 3.63) is 29.8 Å². The lowest BCUT2D eigenvalue weighted by Crippen LogP contribution is -3.15. The van der Waals surface area contributed by atoms with Gasteiger partial charge in [-0.2, -0.15) is 0 Å². The fraction of sp³-hybridized carbons (Fsp3) is 0.600. The number of amides is 2. The molecular weight excluding hydrogens is 344 g/mol. The van der Waals surface area contributed by atoms with E-state index in [9.17, 15) is 9.59 Å². The summed E-state index contributed by atoms with van der Waals surface area (Å²) in [6, 6.07) is 8.46. The molecular formula is C20H33N4O3+. The van der Waals surface area contributed by atoms with E-state index in [0.29, 0.717) is 32.2 Å². The summed E-state index contributed by atoms with van der Waals surface area (Å²) in [6.45, 7) is 8.10. The average Bonchev–Trinajstić information content (AvgIpc) is 2.67. The number of ether oxygens (including phenoxy) is 1. The van der Waals surface area contributed by atoms with Gasteiger partial charge in [-0.05, 0) is 18.1 Å². The van der Waals surface area contributed by atoms with Gasteiger partial charge >= 0.3 is 11.8 Å². The van der Waals surface area contributed by atoms with Gasteiger partial charge in [0.05, 0.1) is 19.8 Å². The second-order valence-corrected chi connectivity index (χ2v) is 7.62. The van der Waals surface area contributed by atoms with E-state index in [1.807, 2.05) is 27.9 Å². The van der Waals surface area contributed by atoms with Gasteiger partial charge in [-0.25, -0.2) is 0 Å². The van der Waals surface area contributed by atoms with Crippen LogP contribution in [0.15, 0.2) is 24.3 Å². The Morgan fingerprint density at radius 3 is 2.11 bits per heavy atom. The van der Waals surface area contributed by atoms with Crippen LogP contribution in [0.3, 0.4) is 0 Å². The fourth-order valence-electron chi connectivity index (χ4n) is 3.14. The van der Waals surface area contributed by atoms with Gasteiger partial charge in [0.25, 0.3) is 0 Å². The standard InChI is InChI=1S/C20H32N4O3/c1-15(2)13-21-19(25)20(26)22-14-18(24-9-11-27-12-10-24)16-5-7-17(8-6-16)23(3)4/h5-8,15,18H,9-14H2,1-4H3,(H,21,25)(H,22,26)/p+1/t18-/m0/s1. The molecule has 1 aromatic carbocycles. The van der Waals surface area contributed by atoms with Crippen LogP contribution >= 0.6 is 0 Å². The SMILES string of the molecule is CC(C)CNC(=O)C(=O)NC[C@@H](c1ccc(N(C)C)cc1)[NH+]1CCOCC1. The lowest BCUT2D eigenvalue weighted by molar-refractivity contribution is -0.937. The predicted octanol–water partition coefficient (Wildman–Crippen LogP) is -0.403. The lowest BCUT2D eigenvalue weighted by atomic mass is 10.0. The topological polar surface area (TPSA) is 75.1 Å². The van der Waals surface area contributed by atoms with Crippen LogP contribution in [-0.4, -0.2) is 65.3 Å². The summed E-state index contributed by atoms with van der Waals surface area (Å²) in [4.78, 5) is 27.5. The summed E-state index contributed by atoms with van der Waals surface area (Å²) < 4.78 is 5.48. The Bertz CT molecular complexity index is 610. The third kappa shape index (κ3) is 6.52. The fourth-order valence-corrected chi connectivity index (χ4v) is 3.14. The Labute approximate surface area is 162 Å². The van der Waals surface area contributed by atoms with E-state index in [1.165, 1.54) is 4.90 Å². The molecule has 1 aliphatic heterocycles. The molecule has 27 heavy (non-hydrogen) atoms. The Morgan fingerprint density at radius 2 is 1.59 bits per heavy atom. The average molecular weight is 378 g/mol. The van der Waals surface area contributed by atoms with Gasteiger partial charge in [0.2, 0.25) is 0 Å². The molecule has 0 bridgehead atoms. The summed E-state index contributed by atoms with van der Waals surface area (Å²) in [5.74, 6) is -0.830. The summed E-state index contributed by atoms with van der Waals surface area (Å²) in [6.07, 6.45) is 0. The molecule has 1 heterocycles. The number of carbonyl (C=O) groups is 2. The van der Waals surface area contributed by atoms with E-state index >= 15 is 0 Å². The third-order valence-electron chi connectivity index (χ3n) is 4.78. The molecule has 1 atom stereocenters. The van der Waals surface area contributed by atoms with Crippen molar-refractivity contribution in [3.8, 4) is 0 Å². The Morgan fingerprint density at radius 1 is 1.04 bits per heavy atom. The Balaban J connectivity index is 2.04. The van der Waals surface area contributed by atoms with Crippen LogP contribution in [-0.2, 0) is 14.3 Å². The zero-order valence-electron chi connectivity index (χ0n) is 16.9. The van der Waals surface area contributed by atoms with Crippen molar-refractivity contribution in [3.63, 3.8) is 0 Å². The summed E-state index contributed by atoms with van der Waals surface area (Å²) in [5, 5.41) is 5.48. The quantitative estimate of drug-likeness (QED) is 0.565. The van der Waals surface area contributed by atoms with Gasteiger partial charge in [0, 0.05) is 31.9 Å². The van der Waals surface area contributed by atoms with Crippen LogP contribution in [0, 0.1) is 5.92 Å². The molecule has 1 saturated heterocycles. The van der Waals surface area contributed by atoms with Crippen LogP contribution in [0.4, 0.5) is 5.69 Å². The molecule has 0 aliphatic carbocycles. The molecule has 2 amide bonds. The molecule has 1 aromatic rings. The normalized spacial score (nSPS) is 16.0. The molecule has 0 unspecified atom stereocenters. The maximum Gasteiger partial charge on any atom is 0.309 e. The van der Waals surface area contributed by atoms with Crippen molar-refractivity contribution in [2.45, 2.75) is 19.9 Å². The minimum absolute atomic E-state index is 0.0898. The number of quaternary nitrogens is 1. The van der Waals surface area contributed by atoms with E-state index < -0.39 is 11.8 Å². The predicted molar refractivity (Wildman–Crippen MR) is 106 cm³/mol. The lowest BCUT2D eigenvalue weighted by Gasteiger charge is -2.32.